The highest BCUT2D eigenvalue weighted by Crippen LogP contribution is 2.18. The van der Waals surface area contributed by atoms with E-state index in [4.69, 9.17) is 10.6 Å². The van der Waals surface area contributed by atoms with Gasteiger partial charge in [0.15, 0.2) is 0 Å². The van der Waals surface area contributed by atoms with Crippen LogP contribution in [-0.2, 0) is 4.76 Å². The quantitative estimate of drug-likeness (QED) is 0.569. The van der Waals surface area contributed by atoms with E-state index in [0.717, 1.165) is 5.56 Å². The molecule has 3 N–H and O–H groups in total. The summed E-state index contributed by atoms with van der Waals surface area (Å²) in [6.07, 6.45) is 3.18. The zero-order valence-corrected chi connectivity index (χ0v) is 9.78. The molecule has 7 heteroatoms. The molecule has 0 saturated carbocycles. The van der Waals surface area contributed by atoms with Crippen molar-refractivity contribution in [2.45, 2.75) is 0 Å². The van der Waals surface area contributed by atoms with Crippen molar-refractivity contribution in [1.29, 1.82) is 0 Å². The van der Waals surface area contributed by atoms with Crippen LogP contribution >= 0.6 is 0 Å². The van der Waals surface area contributed by atoms with Crippen molar-refractivity contribution in [2.24, 2.45) is 5.90 Å². The lowest BCUT2D eigenvalue weighted by atomic mass is 9.80. The van der Waals surface area contributed by atoms with Crippen molar-refractivity contribution in [2.75, 3.05) is 7.11 Å². The maximum absolute atomic E-state index is 9.62. The number of pyridine rings is 2. The van der Waals surface area contributed by atoms with Gasteiger partial charge in [-0.15, -0.1) is 0 Å². The van der Waals surface area contributed by atoms with Gasteiger partial charge in [0.1, 0.15) is 0 Å². The number of methoxy groups -OCH3 is 1. The van der Waals surface area contributed by atoms with E-state index in [-0.39, 0.29) is 0 Å². The van der Waals surface area contributed by atoms with E-state index < -0.39 is 7.12 Å². The molecule has 0 atom stereocenters. The molecule has 0 spiro atoms. The molecule has 0 aliphatic rings. The summed E-state index contributed by atoms with van der Waals surface area (Å²) in [5, 5.41) is 9.62. The summed E-state index contributed by atoms with van der Waals surface area (Å²) < 4.78 is 9.37. The van der Waals surface area contributed by atoms with Crippen molar-refractivity contribution >= 4 is 12.7 Å². The smallest absolute Gasteiger partial charge is 0.481 e. The van der Waals surface area contributed by atoms with E-state index in [2.05, 4.69) is 14.7 Å². The molecule has 0 radical (unpaired) electrons. The molecule has 6 nitrogen and oxygen atoms in total. The summed E-state index contributed by atoms with van der Waals surface area (Å²) in [4.78, 5) is 8.15. The van der Waals surface area contributed by atoms with Gasteiger partial charge in [-0.25, -0.2) is 10.9 Å². The van der Waals surface area contributed by atoms with E-state index in [1.54, 1.807) is 37.7 Å². The second-order valence-corrected chi connectivity index (χ2v) is 3.51. The Morgan fingerprint density at radius 3 is 2.72 bits per heavy atom. The largest absolute Gasteiger partial charge is 0.528 e. The van der Waals surface area contributed by atoms with Crippen LogP contribution in [0.3, 0.4) is 0 Å². The lowest BCUT2D eigenvalue weighted by Gasteiger charge is -2.09. The van der Waals surface area contributed by atoms with Crippen LogP contribution in [0.5, 0.6) is 5.88 Å². The zero-order chi connectivity index (χ0) is 13.0. The predicted molar refractivity (Wildman–Crippen MR) is 66.9 cm³/mol. The summed E-state index contributed by atoms with van der Waals surface area (Å²) in [6, 6.07) is 7.09. The third-order valence-corrected chi connectivity index (χ3v) is 2.46. The molecular weight excluding hydrogens is 233 g/mol. The van der Waals surface area contributed by atoms with Crippen LogP contribution in [0, 0.1) is 0 Å². The second-order valence-electron chi connectivity index (χ2n) is 3.51. The maximum Gasteiger partial charge on any atom is 0.528 e. The second kappa shape index (κ2) is 5.59. The molecule has 0 fully saturated rings. The van der Waals surface area contributed by atoms with E-state index in [1.165, 1.54) is 0 Å². The molecule has 92 valence electrons. The maximum atomic E-state index is 9.62. The lowest BCUT2D eigenvalue weighted by Crippen LogP contribution is -2.39. The van der Waals surface area contributed by atoms with E-state index in [1.807, 2.05) is 6.07 Å². The third kappa shape index (κ3) is 2.48. The molecule has 0 aliphatic carbocycles. The average molecular weight is 245 g/mol. The van der Waals surface area contributed by atoms with Gasteiger partial charge in [0.05, 0.1) is 12.7 Å². The van der Waals surface area contributed by atoms with Crippen LogP contribution in [-0.4, -0.2) is 29.2 Å². The fourth-order valence-corrected chi connectivity index (χ4v) is 1.58. The molecule has 0 bridgehead atoms. The van der Waals surface area contributed by atoms with Crippen LogP contribution in [0.2, 0.25) is 0 Å². The Balaban J connectivity index is 2.43. The fraction of sp³-hybridized carbons (Fsp3) is 0.0909. The third-order valence-electron chi connectivity index (χ3n) is 2.46. The Labute approximate surface area is 105 Å². The normalized spacial score (nSPS) is 10.2. The number of hydrogen-bond donors (Lipinski definition) is 2. The number of aromatic nitrogens is 2. The van der Waals surface area contributed by atoms with Gasteiger partial charge in [0.25, 0.3) is 0 Å². The van der Waals surface area contributed by atoms with Gasteiger partial charge in [-0.05, 0) is 12.1 Å². The SMILES string of the molecule is COc1ccc(-c2cccnc2B(O)ON)cn1. The zero-order valence-electron chi connectivity index (χ0n) is 9.78. The topological polar surface area (TPSA) is 90.5 Å². The highest BCUT2D eigenvalue weighted by molar-refractivity contribution is 6.60. The summed E-state index contributed by atoms with van der Waals surface area (Å²) in [5.74, 6) is 5.48. The van der Waals surface area contributed by atoms with Crippen molar-refractivity contribution in [3.8, 4) is 17.0 Å². The Bertz CT molecular complexity index is 521. The van der Waals surface area contributed by atoms with Crippen LogP contribution in [0.25, 0.3) is 11.1 Å². The van der Waals surface area contributed by atoms with Crippen LogP contribution in [0.15, 0.2) is 36.7 Å². The first-order valence-electron chi connectivity index (χ1n) is 5.25. The molecule has 2 heterocycles. The van der Waals surface area contributed by atoms with Gasteiger partial charge in [0.2, 0.25) is 5.88 Å². The molecule has 2 rings (SSSR count). The first-order chi connectivity index (χ1) is 8.76. The Morgan fingerprint density at radius 2 is 2.11 bits per heavy atom. The van der Waals surface area contributed by atoms with Crippen molar-refractivity contribution in [3.63, 3.8) is 0 Å². The van der Waals surface area contributed by atoms with E-state index in [0.29, 0.717) is 17.0 Å². The molecule has 0 aromatic carbocycles. The molecular formula is C11H12BN3O3. The standard InChI is InChI=1S/C11H12BN3O3/c1-17-10-5-4-8(7-15-10)9-3-2-6-14-11(9)12(16)18-13/h2-7,16H,13H2,1H3. The van der Waals surface area contributed by atoms with Crippen molar-refractivity contribution < 1.29 is 14.5 Å². The summed E-state index contributed by atoms with van der Waals surface area (Å²) in [7, 11) is 0.270. The molecule has 2 aromatic heterocycles. The highest BCUT2D eigenvalue weighted by Gasteiger charge is 2.21. The Hall–Kier alpha value is -1.96. The number of nitrogens with two attached hydrogens (primary N) is 1. The minimum atomic E-state index is -1.27. The predicted octanol–water partition coefficient (Wildman–Crippen LogP) is -0.270. The summed E-state index contributed by atoms with van der Waals surface area (Å²) in [6.45, 7) is 0. The minimum Gasteiger partial charge on any atom is -0.481 e. The van der Waals surface area contributed by atoms with Gasteiger partial charge < -0.3 is 14.5 Å². The Kier molecular flexibility index (Phi) is 3.88. The molecule has 18 heavy (non-hydrogen) atoms. The molecule has 0 unspecified atom stereocenters. The lowest BCUT2D eigenvalue weighted by molar-refractivity contribution is 0.280. The average Bonchev–Trinajstić information content (AvgIpc) is 2.46. The van der Waals surface area contributed by atoms with E-state index >= 15 is 0 Å². The molecule has 0 amide bonds. The van der Waals surface area contributed by atoms with Gasteiger partial charge in [-0.1, -0.05) is 6.07 Å². The minimum absolute atomic E-state index is 0.340. The van der Waals surface area contributed by atoms with Gasteiger partial charge in [-0.2, -0.15) is 0 Å². The molecule has 0 aliphatic heterocycles. The van der Waals surface area contributed by atoms with E-state index in [9.17, 15) is 5.02 Å². The van der Waals surface area contributed by atoms with Crippen LogP contribution in [0.4, 0.5) is 0 Å². The number of ether oxygens (including phenoxy) is 1. The molecule has 0 saturated heterocycles. The Morgan fingerprint density at radius 1 is 1.28 bits per heavy atom. The van der Waals surface area contributed by atoms with Gasteiger partial charge in [-0.3, -0.25) is 4.98 Å². The number of rotatable bonds is 4. The van der Waals surface area contributed by atoms with Gasteiger partial charge >= 0.3 is 7.12 Å². The number of hydrogen-bond acceptors (Lipinski definition) is 6. The van der Waals surface area contributed by atoms with Crippen molar-refractivity contribution in [1.82, 2.24) is 9.97 Å². The summed E-state index contributed by atoms with van der Waals surface area (Å²) in [5.41, 5.74) is 1.83. The highest BCUT2D eigenvalue weighted by atomic mass is 16.6. The van der Waals surface area contributed by atoms with Crippen LogP contribution < -0.4 is 16.2 Å². The number of nitrogens with zero attached hydrogens (tertiary/aromatic N) is 2. The van der Waals surface area contributed by atoms with Crippen LogP contribution in [0.1, 0.15) is 0 Å². The molecule has 2 aromatic rings. The summed E-state index contributed by atoms with van der Waals surface area (Å²) >= 11 is 0. The van der Waals surface area contributed by atoms with Gasteiger partial charge in [0, 0.05) is 29.6 Å². The fourth-order valence-electron chi connectivity index (χ4n) is 1.58. The first kappa shape index (κ1) is 12.5. The first-order valence-corrected chi connectivity index (χ1v) is 5.25. The van der Waals surface area contributed by atoms with Crippen molar-refractivity contribution in [3.05, 3.63) is 36.7 Å². The monoisotopic (exact) mass is 245 g/mol.